The van der Waals surface area contributed by atoms with E-state index in [-0.39, 0.29) is 5.91 Å². The van der Waals surface area contributed by atoms with Crippen molar-refractivity contribution in [2.75, 3.05) is 37.5 Å². The third-order valence-corrected chi connectivity index (χ3v) is 6.65. The fourth-order valence-electron chi connectivity index (χ4n) is 3.67. The molecular formula is C23H26ClN5O3S. The number of hydrogen-bond acceptors (Lipinski definition) is 7. The van der Waals surface area contributed by atoms with Gasteiger partial charge < -0.3 is 19.7 Å². The summed E-state index contributed by atoms with van der Waals surface area (Å²) < 4.78 is 12.6. The van der Waals surface area contributed by atoms with Crippen molar-refractivity contribution in [3.05, 3.63) is 47.5 Å². The Kier molecular flexibility index (Phi) is 7.29. The minimum absolute atomic E-state index is 0.157. The van der Waals surface area contributed by atoms with Crippen molar-refractivity contribution in [3.63, 3.8) is 0 Å². The second-order valence-electron chi connectivity index (χ2n) is 7.61. The van der Waals surface area contributed by atoms with Gasteiger partial charge in [0.05, 0.1) is 25.2 Å². The lowest BCUT2D eigenvalue weighted by molar-refractivity contribution is -0.115. The number of ether oxygens (including phenoxy) is 2. The lowest BCUT2D eigenvalue weighted by atomic mass is 10.2. The van der Waals surface area contributed by atoms with Crippen molar-refractivity contribution in [1.29, 1.82) is 0 Å². The molecule has 10 heteroatoms. The van der Waals surface area contributed by atoms with Crippen LogP contribution in [-0.4, -0.2) is 53.2 Å². The van der Waals surface area contributed by atoms with Gasteiger partial charge in [-0.15, -0.1) is 10.2 Å². The monoisotopic (exact) mass is 487 g/mol. The predicted octanol–water partition coefficient (Wildman–Crippen LogP) is 4.66. The molecule has 1 aliphatic heterocycles. The first-order valence-electron chi connectivity index (χ1n) is 10.7. The normalized spacial score (nSPS) is 14.2. The molecule has 2 aromatic carbocycles. The Morgan fingerprint density at radius 3 is 2.55 bits per heavy atom. The van der Waals surface area contributed by atoms with Crippen LogP contribution in [0, 0.1) is 0 Å². The van der Waals surface area contributed by atoms with Crippen LogP contribution in [-0.2, 0) is 4.79 Å². The number of hydrogen-bond donors (Lipinski definition) is 1. The van der Waals surface area contributed by atoms with Gasteiger partial charge in [0.25, 0.3) is 0 Å². The summed E-state index contributed by atoms with van der Waals surface area (Å²) >= 11 is 7.61. The second-order valence-corrected chi connectivity index (χ2v) is 9.36. The highest BCUT2D eigenvalue weighted by atomic mass is 35.5. The molecule has 0 bridgehead atoms. The summed E-state index contributed by atoms with van der Waals surface area (Å²) in [5.74, 6) is 1.76. The van der Waals surface area contributed by atoms with Crippen LogP contribution >= 0.6 is 23.4 Å². The SMILES string of the molecule is COc1ccc(NC(=O)C(C)Sc2nnc(N3CCCC3)n2-c2cccc(Cl)c2)cc1OC. The molecule has 1 amide bonds. The number of carbonyl (C=O) groups excluding carboxylic acids is 1. The number of nitrogens with zero attached hydrogens (tertiary/aromatic N) is 4. The molecule has 4 rings (SSSR count). The highest BCUT2D eigenvalue weighted by molar-refractivity contribution is 8.00. The summed E-state index contributed by atoms with van der Waals surface area (Å²) in [6, 6.07) is 12.8. The first-order chi connectivity index (χ1) is 16.0. The van der Waals surface area contributed by atoms with Crippen molar-refractivity contribution in [2.24, 2.45) is 0 Å². The fraction of sp³-hybridized carbons (Fsp3) is 0.348. The topological polar surface area (TPSA) is 81.5 Å². The molecule has 0 saturated carbocycles. The summed E-state index contributed by atoms with van der Waals surface area (Å²) in [6.45, 7) is 3.70. The predicted molar refractivity (Wildman–Crippen MR) is 131 cm³/mol. The lowest BCUT2D eigenvalue weighted by Crippen LogP contribution is -2.24. The van der Waals surface area contributed by atoms with Crippen molar-refractivity contribution in [3.8, 4) is 17.2 Å². The Bertz CT molecular complexity index is 1130. The van der Waals surface area contributed by atoms with E-state index in [1.807, 2.05) is 35.8 Å². The minimum atomic E-state index is -0.424. The van der Waals surface area contributed by atoms with E-state index in [1.54, 1.807) is 32.4 Å². The average Bonchev–Trinajstić information content (AvgIpc) is 3.49. The third-order valence-electron chi connectivity index (χ3n) is 5.37. The van der Waals surface area contributed by atoms with Crippen LogP contribution in [0.25, 0.3) is 5.69 Å². The van der Waals surface area contributed by atoms with Crippen molar-refractivity contribution in [2.45, 2.75) is 30.2 Å². The van der Waals surface area contributed by atoms with Crippen LogP contribution < -0.4 is 19.7 Å². The molecule has 2 heterocycles. The molecule has 1 unspecified atom stereocenters. The number of rotatable bonds is 8. The number of nitrogens with one attached hydrogen (secondary N) is 1. The van der Waals surface area contributed by atoms with E-state index in [4.69, 9.17) is 21.1 Å². The molecule has 33 heavy (non-hydrogen) atoms. The zero-order valence-electron chi connectivity index (χ0n) is 18.7. The Morgan fingerprint density at radius 1 is 1.09 bits per heavy atom. The highest BCUT2D eigenvalue weighted by Crippen LogP contribution is 2.33. The van der Waals surface area contributed by atoms with Crippen molar-refractivity contribution in [1.82, 2.24) is 14.8 Å². The van der Waals surface area contributed by atoms with Gasteiger partial charge in [0, 0.05) is 29.9 Å². The Morgan fingerprint density at radius 2 is 1.85 bits per heavy atom. The summed E-state index contributed by atoms with van der Waals surface area (Å²) in [5.41, 5.74) is 1.49. The maximum Gasteiger partial charge on any atom is 0.237 e. The van der Waals surface area contributed by atoms with E-state index in [0.29, 0.717) is 27.4 Å². The van der Waals surface area contributed by atoms with Gasteiger partial charge in [0.1, 0.15) is 0 Å². The van der Waals surface area contributed by atoms with E-state index in [0.717, 1.165) is 37.6 Å². The number of methoxy groups -OCH3 is 2. The fourth-order valence-corrected chi connectivity index (χ4v) is 4.72. The third kappa shape index (κ3) is 5.20. The first kappa shape index (κ1) is 23.3. The smallest absolute Gasteiger partial charge is 0.237 e. The van der Waals surface area contributed by atoms with Crippen molar-refractivity contribution < 1.29 is 14.3 Å². The maximum atomic E-state index is 12.9. The van der Waals surface area contributed by atoms with E-state index in [1.165, 1.54) is 11.8 Å². The van der Waals surface area contributed by atoms with E-state index < -0.39 is 5.25 Å². The molecular weight excluding hydrogens is 462 g/mol. The van der Waals surface area contributed by atoms with Gasteiger partial charge in [-0.2, -0.15) is 0 Å². The van der Waals surface area contributed by atoms with E-state index in [9.17, 15) is 4.79 Å². The molecule has 174 valence electrons. The molecule has 1 saturated heterocycles. The highest BCUT2D eigenvalue weighted by Gasteiger charge is 2.25. The summed E-state index contributed by atoms with van der Waals surface area (Å²) in [6.07, 6.45) is 2.24. The number of aromatic nitrogens is 3. The maximum absolute atomic E-state index is 12.9. The number of benzene rings is 2. The van der Waals surface area contributed by atoms with E-state index >= 15 is 0 Å². The van der Waals surface area contributed by atoms with Crippen LogP contribution in [0.5, 0.6) is 11.5 Å². The molecule has 1 atom stereocenters. The quantitative estimate of drug-likeness (QED) is 0.463. The summed E-state index contributed by atoms with van der Waals surface area (Å²) in [4.78, 5) is 15.2. The number of carbonyl (C=O) groups is 1. The van der Waals surface area contributed by atoms with Crippen LogP contribution in [0.2, 0.25) is 5.02 Å². The molecule has 1 fully saturated rings. The number of thioether (sulfide) groups is 1. The van der Waals surface area contributed by atoms with Gasteiger partial charge in [0.15, 0.2) is 16.7 Å². The zero-order chi connectivity index (χ0) is 23.4. The van der Waals surface area contributed by atoms with Gasteiger partial charge in [-0.25, -0.2) is 0 Å². The lowest BCUT2D eigenvalue weighted by Gasteiger charge is -2.19. The van der Waals surface area contributed by atoms with Gasteiger partial charge in [-0.3, -0.25) is 9.36 Å². The van der Waals surface area contributed by atoms with Crippen LogP contribution in [0.1, 0.15) is 19.8 Å². The van der Waals surface area contributed by atoms with Crippen LogP contribution in [0.4, 0.5) is 11.6 Å². The van der Waals surface area contributed by atoms with Gasteiger partial charge >= 0.3 is 0 Å². The molecule has 0 aliphatic carbocycles. The number of amides is 1. The Hall–Kier alpha value is -2.91. The van der Waals surface area contributed by atoms with Crippen LogP contribution in [0.3, 0.4) is 0 Å². The molecule has 1 aliphatic rings. The summed E-state index contributed by atoms with van der Waals surface area (Å²) in [7, 11) is 3.13. The van der Waals surface area contributed by atoms with Crippen LogP contribution in [0.15, 0.2) is 47.6 Å². The zero-order valence-corrected chi connectivity index (χ0v) is 20.3. The standard InChI is InChI=1S/C23H26ClN5O3S/c1-15(21(30)25-17-9-10-19(31-2)20(14-17)32-3)33-23-27-26-22(28-11-4-5-12-28)29(23)18-8-6-7-16(24)13-18/h6-10,13-15H,4-5,11-12H2,1-3H3,(H,25,30). The minimum Gasteiger partial charge on any atom is -0.493 e. The largest absolute Gasteiger partial charge is 0.493 e. The number of anilines is 2. The first-order valence-corrected chi connectivity index (χ1v) is 11.9. The number of halogens is 1. The Labute approximate surface area is 202 Å². The molecule has 1 N–H and O–H groups in total. The summed E-state index contributed by atoms with van der Waals surface area (Å²) in [5, 5.41) is 12.6. The molecule has 8 nitrogen and oxygen atoms in total. The second kappa shape index (κ2) is 10.4. The molecule has 3 aromatic rings. The van der Waals surface area contributed by atoms with E-state index in [2.05, 4.69) is 20.4 Å². The average molecular weight is 488 g/mol. The molecule has 0 radical (unpaired) electrons. The molecule has 1 aromatic heterocycles. The van der Waals surface area contributed by atoms with Crippen molar-refractivity contribution >= 4 is 40.9 Å². The van der Waals surface area contributed by atoms with Gasteiger partial charge in [-0.05, 0) is 50.1 Å². The Balaban J connectivity index is 1.56. The molecule has 0 spiro atoms. The van der Waals surface area contributed by atoms with Gasteiger partial charge in [-0.1, -0.05) is 29.4 Å². The van der Waals surface area contributed by atoms with Gasteiger partial charge in [0.2, 0.25) is 11.9 Å².